The molecular formula is C14H22ClNOS. The van der Waals surface area contributed by atoms with Gasteiger partial charge < -0.3 is 4.90 Å². The van der Waals surface area contributed by atoms with E-state index in [1.165, 1.54) is 4.88 Å². The second-order valence-electron chi connectivity index (χ2n) is 4.50. The molecule has 1 heterocycles. The fourth-order valence-corrected chi connectivity index (χ4v) is 2.74. The summed E-state index contributed by atoms with van der Waals surface area (Å²) < 4.78 is 0. The van der Waals surface area contributed by atoms with E-state index in [9.17, 15) is 4.79 Å². The molecule has 1 aromatic rings. The molecule has 0 radical (unpaired) electrons. The van der Waals surface area contributed by atoms with Crippen molar-refractivity contribution in [3.63, 3.8) is 0 Å². The van der Waals surface area contributed by atoms with Crippen molar-refractivity contribution in [2.45, 2.75) is 38.5 Å². The van der Waals surface area contributed by atoms with E-state index in [-0.39, 0.29) is 5.91 Å². The first-order valence-corrected chi connectivity index (χ1v) is 7.97. The molecule has 2 nitrogen and oxygen atoms in total. The van der Waals surface area contributed by atoms with E-state index in [1.54, 1.807) is 11.3 Å². The number of carbonyl (C=O) groups excluding carboxylic acids is 1. The zero-order chi connectivity index (χ0) is 13.2. The maximum atomic E-state index is 11.8. The van der Waals surface area contributed by atoms with Crippen LogP contribution in [0.4, 0.5) is 0 Å². The number of rotatable bonds is 9. The summed E-state index contributed by atoms with van der Waals surface area (Å²) in [5, 5.41) is 2.08. The van der Waals surface area contributed by atoms with Gasteiger partial charge in [0.05, 0.1) is 0 Å². The maximum Gasteiger partial charge on any atom is 0.222 e. The van der Waals surface area contributed by atoms with Crippen molar-refractivity contribution < 1.29 is 4.79 Å². The highest BCUT2D eigenvalue weighted by atomic mass is 35.5. The van der Waals surface area contributed by atoms with E-state index in [1.807, 2.05) is 11.9 Å². The first kappa shape index (κ1) is 15.5. The van der Waals surface area contributed by atoms with Gasteiger partial charge in [-0.15, -0.1) is 22.9 Å². The summed E-state index contributed by atoms with van der Waals surface area (Å²) in [6.07, 6.45) is 5.83. The predicted molar refractivity (Wildman–Crippen MR) is 79.5 cm³/mol. The Hall–Kier alpha value is -0.540. The molecule has 1 aromatic heterocycles. The Morgan fingerprint density at radius 3 is 2.83 bits per heavy atom. The molecule has 1 amide bonds. The summed E-state index contributed by atoms with van der Waals surface area (Å²) in [6, 6.07) is 4.19. The average Bonchev–Trinajstić information content (AvgIpc) is 2.87. The number of thiophene rings is 1. The van der Waals surface area contributed by atoms with Crippen molar-refractivity contribution >= 4 is 28.8 Å². The molecule has 0 saturated heterocycles. The average molecular weight is 288 g/mol. The molecule has 0 bridgehead atoms. The topological polar surface area (TPSA) is 20.3 Å². The number of aryl methyl sites for hydroxylation is 1. The molecule has 1 rings (SSSR count). The van der Waals surface area contributed by atoms with Crippen molar-refractivity contribution in [1.29, 1.82) is 0 Å². The van der Waals surface area contributed by atoms with Gasteiger partial charge >= 0.3 is 0 Å². The number of hydrogen-bond donors (Lipinski definition) is 0. The molecule has 0 saturated carbocycles. The largest absolute Gasteiger partial charge is 0.346 e. The van der Waals surface area contributed by atoms with Crippen LogP contribution in [0.3, 0.4) is 0 Å². The number of alkyl halides is 1. The minimum absolute atomic E-state index is 0.262. The molecule has 0 N–H and O–H groups in total. The lowest BCUT2D eigenvalue weighted by molar-refractivity contribution is -0.130. The number of nitrogens with zero attached hydrogens (tertiary/aromatic N) is 1. The number of amides is 1. The van der Waals surface area contributed by atoms with E-state index >= 15 is 0 Å². The monoisotopic (exact) mass is 287 g/mol. The first-order valence-electron chi connectivity index (χ1n) is 6.56. The molecule has 0 aliphatic carbocycles. The highest BCUT2D eigenvalue weighted by Gasteiger charge is 2.07. The summed E-state index contributed by atoms with van der Waals surface area (Å²) in [7, 11) is 1.90. The number of hydrogen-bond acceptors (Lipinski definition) is 2. The van der Waals surface area contributed by atoms with Gasteiger partial charge in [0.1, 0.15) is 0 Å². The number of halogens is 1. The first-order chi connectivity index (χ1) is 8.74. The Bertz CT molecular complexity index is 327. The van der Waals surface area contributed by atoms with Gasteiger partial charge in [0.2, 0.25) is 5.91 Å². The standard InChI is InChI=1S/C14H22ClNOS/c1-16(11-4-2-3-10-15)14(17)9-5-7-13-8-6-12-18-13/h6,8,12H,2-5,7,9-11H2,1H3. The summed E-state index contributed by atoms with van der Waals surface area (Å²) in [5.41, 5.74) is 0. The van der Waals surface area contributed by atoms with Gasteiger partial charge in [-0.05, 0) is 37.1 Å². The molecule has 0 aliphatic heterocycles. The SMILES string of the molecule is CN(CCCCCCl)C(=O)CCCc1cccs1. The fourth-order valence-electron chi connectivity index (χ4n) is 1.80. The van der Waals surface area contributed by atoms with E-state index < -0.39 is 0 Å². The van der Waals surface area contributed by atoms with Crippen molar-refractivity contribution in [2.75, 3.05) is 19.5 Å². The lowest BCUT2D eigenvalue weighted by Crippen LogP contribution is -2.27. The van der Waals surface area contributed by atoms with Crippen molar-refractivity contribution in [2.24, 2.45) is 0 Å². The number of unbranched alkanes of at least 4 members (excludes halogenated alkanes) is 2. The number of carbonyl (C=O) groups is 1. The highest BCUT2D eigenvalue weighted by molar-refractivity contribution is 7.09. The van der Waals surface area contributed by atoms with Gasteiger partial charge in [0.25, 0.3) is 0 Å². The highest BCUT2D eigenvalue weighted by Crippen LogP contribution is 2.12. The van der Waals surface area contributed by atoms with Crippen LogP contribution in [0, 0.1) is 0 Å². The molecular weight excluding hydrogens is 266 g/mol. The molecule has 0 atom stereocenters. The molecule has 4 heteroatoms. The second kappa shape index (κ2) is 9.40. The third-order valence-electron chi connectivity index (χ3n) is 2.95. The third-order valence-corrected chi connectivity index (χ3v) is 4.15. The molecule has 0 aromatic carbocycles. The van der Waals surface area contributed by atoms with Gasteiger partial charge in [0, 0.05) is 30.8 Å². The maximum absolute atomic E-state index is 11.8. The van der Waals surface area contributed by atoms with Crippen LogP contribution < -0.4 is 0 Å². The minimum atomic E-state index is 0.262. The van der Waals surface area contributed by atoms with Gasteiger partial charge in [0.15, 0.2) is 0 Å². The molecule has 18 heavy (non-hydrogen) atoms. The van der Waals surface area contributed by atoms with Gasteiger partial charge in [-0.3, -0.25) is 4.79 Å². The van der Waals surface area contributed by atoms with E-state index in [0.717, 1.165) is 44.5 Å². The van der Waals surface area contributed by atoms with Crippen LogP contribution >= 0.6 is 22.9 Å². The van der Waals surface area contributed by atoms with Gasteiger partial charge in [-0.1, -0.05) is 12.5 Å². The van der Waals surface area contributed by atoms with Crippen LogP contribution in [0.25, 0.3) is 0 Å². The normalized spacial score (nSPS) is 10.6. The van der Waals surface area contributed by atoms with Crippen LogP contribution in [-0.2, 0) is 11.2 Å². The summed E-state index contributed by atoms with van der Waals surface area (Å²) in [6.45, 7) is 0.856. The molecule has 0 spiro atoms. The Balaban J connectivity index is 2.08. The Morgan fingerprint density at radius 1 is 1.33 bits per heavy atom. The zero-order valence-electron chi connectivity index (χ0n) is 11.0. The van der Waals surface area contributed by atoms with E-state index in [2.05, 4.69) is 17.5 Å². The Kier molecular flexibility index (Phi) is 8.10. The molecule has 0 fully saturated rings. The van der Waals surface area contributed by atoms with Crippen molar-refractivity contribution in [3.05, 3.63) is 22.4 Å². The Labute approximate surface area is 119 Å². The van der Waals surface area contributed by atoms with E-state index in [0.29, 0.717) is 6.42 Å². The van der Waals surface area contributed by atoms with Crippen LogP contribution in [0.15, 0.2) is 17.5 Å². The molecule has 0 aliphatic rings. The minimum Gasteiger partial charge on any atom is -0.346 e. The van der Waals surface area contributed by atoms with Crippen LogP contribution in [-0.4, -0.2) is 30.3 Å². The Morgan fingerprint density at radius 2 is 2.17 bits per heavy atom. The molecule has 102 valence electrons. The van der Waals surface area contributed by atoms with Crippen LogP contribution in [0.2, 0.25) is 0 Å². The lowest BCUT2D eigenvalue weighted by atomic mass is 10.2. The van der Waals surface area contributed by atoms with Gasteiger partial charge in [-0.25, -0.2) is 0 Å². The summed E-state index contributed by atoms with van der Waals surface area (Å²) in [5.74, 6) is 0.982. The lowest BCUT2D eigenvalue weighted by Gasteiger charge is -2.16. The predicted octanol–water partition coefficient (Wildman–Crippen LogP) is 3.94. The summed E-state index contributed by atoms with van der Waals surface area (Å²) in [4.78, 5) is 15.1. The van der Waals surface area contributed by atoms with E-state index in [4.69, 9.17) is 11.6 Å². The smallest absolute Gasteiger partial charge is 0.222 e. The van der Waals surface area contributed by atoms with Crippen molar-refractivity contribution in [1.82, 2.24) is 4.90 Å². The van der Waals surface area contributed by atoms with Gasteiger partial charge in [-0.2, -0.15) is 0 Å². The zero-order valence-corrected chi connectivity index (χ0v) is 12.6. The molecule has 0 unspecified atom stereocenters. The van der Waals surface area contributed by atoms with Crippen LogP contribution in [0.5, 0.6) is 0 Å². The van der Waals surface area contributed by atoms with Crippen LogP contribution in [0.1, 0.15) is 37.0 Å². The third kappa shape index (κ3) is 6.41. The summed E-state index contributed by atoms with van der Waals surface area (Å²) >= 11 is 7.38. The quantitative estimate of drug-likeness (QED) is 0.498. The second-order valence-corrected chi connectivity index (χ2v) is 5.91. The van der Waals surface area contributed by atoms with Crippen molar-refractivity contribution in [3.8, 4) is 0 Å². The fraction of sp³-hybridized carbons (Fsp3) is 0.643.